The molecule has 0 fully saturated rings. The van der Waals surface area contributed by atoms with E-state index in [1.165, 1.54) is 27.6 Å². The summed E-state index contributed by atoms with van der Waals surface area (Å²) in [7, 11) is 4.32. The van der Waals surface area contributed by atoms with Crippen LogP contribution in [0.3, 0.4) is 0 Å². The molecule has 0 saturated carbocycles. The molecule has 1 rings (SSSR count). The van der Waals surface area contributed by atoms with E-state index in [1.807, 2.05) is 42.5 Å². The molecule has 0 heterocycles. The highest BCUT2D eigenvalue weighted by molar-refractivity contribution is 5.93. The number of hydrogen-bond acceptors (Lipinski definition) is 5. The lowest BCUT2D eigenvalue weighted by atomic mass is 10.1. The minimum Gasteiger partial charge on any atom is -0.503 e. The van der Waals surface area contributed by atoms with Crippen molar-refractivity contribution in [3.8, 4) is 0 Å². The second kappa shape index (κ2) is 11.2. The van der Waals surface area contributed by atoms with E-state index >= 15 is 0 Å². The van der Waals surface area contributed by atoms with Gasteiger partial charge in [-0.05, 0) is 11.1 Å². The topological polar surface area (TPSA) is 54.0 Å². The van der Waals surface area contributed by atoms with Crippen LogP contribution in [0.5, 0.6) is 0 Å². The SMILES string of the molecule is CO\C=C(C(=O)OC)/C(=C\C=C\c1ccccc1)COCOC. The lowest BCUT2D eigenvalue weighted by molar-refractivity contribution is -0.136. The number of allylic oxidation sites excluding steroid dienone is 2. The van der Waals surface area contributed by atoms with Crippen LogP contribution in [0.1, 0.15) is 5.56 Å². The monoisotopic (exact) mass is 318 g/mol. The highest BCUT2D eigenvalue weighted by Gasteiger charge is 2.15. The lowest BCUT2D eigenvalue weighted by Gasteiger charge is -2.10. The molecule has 124 valence electrons. The van der Waals surface area contributed by atoms with Crippen molar-refractivity contribution in [1.82, 2.24) is 0 Å². The maximum atomic E-state index is 11.9. The lowest BCUT2D eigenvalue weighted by Crippen LogP contribution is -2.12. The highest BCUT2D eigenvalue weighted by atomic mass is 16.7. The van der Waals surface area contributed by atoms with Gasteiger partial charge < -0.3 is 18.9 Å². The maximum absolute atomic E-state index is 11.9. The van der Waals surface area contributed by atoms with Crippen molar-refractivity contribution >= 4 is 12.0 Å². The number of carbonyl (C=O) groups is 1. The van der Waals surface area contributed by atoms with Gasteiger partial charge in [0.25, 0.3) is 0 Å². The van der Waals surface area contributed by atoms with E-state index in [2.05, 4.69) is 0 Å². The second-order valence-corrected chi connectivity index (χ2v) is 4.48. The van der Waals surface area contributed by atoms with Crippen molar-refractivity contribution in [3.05, 3.63) is 65.5 Å². The van der Waals surface area contributed by atoms with Crippen LogP contribution in [0, 0.1) is 0 Å². The Kier molecular flexibility index (Phi) is 9.12. The van der Waals surface area contributed by atoms with E-state index in [9.17, 15) is 4.79 Å². The van der Waals surface area contributed by atoms with Crippen LogP contribution in [0.4, 0.5) is 0 Å². The average Bonchev–Trinajstić information content (AvgIpc) is 2.59. The van der Waals surface area contributed by atoms with Crippen molar-refractivity contribution < 1.29 is 23.7 Å². The Balaban J connectivity index is 2.97. The molecular formula is C18H22O5. The minimum atomic E-state index is -0.493. The first-order valence-electron chi connectivity index (χ1n) is 7.03. The van der Waals surface area contributed by atoms with Crippen LogP contribution in [0.2, 0.25) is 0 Å². The van der Waals surface area contributed by atoms with Crippen LogP contribution in [0.15, 0.2) is 59.9 Å². The quantitative estimate of drug-likeness (QED) is 0.175. The summed E-state index contributed by atoms with van der Waals surface area (Å²) in [4.78, 5) is 11.9. The van der Waals surface area contributed by atoms with Crippen molar-refractivity contribution in [2.45, 2.75) is 0 Å². The van der Waals surface area contributed by atoms with E-state index in [4.69, 9.17) is 18.9 Å². The van der Waals surface area contributed by atoms with Crippen LogP contribution in [0.25, 0.3) is 6.08 Å². The number of rotatable bonds is 9. The minimum absolute atomic E-state index is 0.126. The van der Waals surface area contributed by atoms with Gasteiger partial charge in [-0.3, -0.25) is 0 Å². The Morgan fingerprint density at radius 2 is 1.87 bits per heavy atom. The van der Waals surface area contributed by atoms with Gasteiger partial charge in [0.1, 0.15) is 6.79 Å². The average molecular weight is 318 g/mol. The molecule has 0 aliphatic carbocycles. The predicted molar refractivity (Wildman–Crippen MR) is 88.5 cm³/mol. The number of esters is 1. The molecule has 0 atom stereocenters. The van der Waals surface area contributed by atoms with E-state index in [0.29, 0.717) is 11.1 Å². The zero-order chi connectivity index (χ0) is 16.9. The fraction of sp³-hybridized carbons (Fsp3) is 0.278. The maximum Gasteiger partial charge on any atom is 0.341 e. The molecule has 0 bridgehead atoms. The molecule has 0 saturated heterocycles. The fourth-order valence-corrected chi connectivity index (χ4v) is 1.77. The molecule has 0 unspecified atom stereocenters. The van der Waals surface area contributed by atoms with Gasteiger partial charge in [0.05, 0.1) is 32.7 Å². The van der Waals surface area contributed by atoms with Gasteiger partial charge in [-0.25, -0.2) is 4.79 Å². The Bertz CT molecular complexity index is 558. The van der Waals surface area contributed by atoms with Gasteiger partial charge in [-0.15, -0.1) is 0 Å². The number of hydrogen-bond donors (Lipinski definition) is 0. The van der Waals surface area contributed by atoms with Gasteiger partial charge in [0.2, 0.25) is 0 Å². The molecule has 0 aliphatic heterocycles. The van der Waals surface area contributed by atoms with Crippen molar-refractivity contribution in [2.75, 3.05) is 34.7 Å². The molecule has 0 aliphatic rings. The van der Waals surface area contributed by atoms with Crippen LogP contribution in [-0.4, -0.2) is 40.7 Å². The Morgan fingerprint density at radius 3 is 2.48 bits per heavy atom. The molecule has 1 aromatic rings. The molecule has 5 nitrogen and oxygen atoms in total. The normalized spacial score (nSPS) is 12.5. The summed E-state index contributed by atoms with van der Waals surface area (Å²) < 4.78 is 19.9. The summed E-state index contributed by atoms with van der Waals surface area (Å²) in [6, 6.07) is 9.83. The number of carbonyl (C=O) groups excluding carboxylic acids is 1. The molecule has 0 spiro atoms. The van der Waals surface area contributed by atoms with Crippen LogP contribution < -0.4 is 0 Å². The number of methoxy groups -OCH3 is 3. The van der Waals surface area contributed by atoms with Gasteiger partial charge in [0.15, 0.2) is 0 Å². The molecule has 1 aromatic carbocycles. The highest BCUT2D eigenvalue weighted by Crippen LogP contribution is 2.14. The molecule has 5 heteroatoms. The van der Waals surface area contributed by atoms with E-state index in [-0.39, 0.29) is 13.4 Å². The van der Waals surface area contributed by atoms with E-state index < -0.39 is 5.97 Å². The van der Waals surface area contributed by atoms with Crippen molar-refractivity contribution in [3.63, 3.8) is 0 Å². The Labute approximate surface area is 136 Å². The van der Waals surface area contributed by atoms with E-state index in [0.717, 1.165) is 5.56 Å². The third-order valence-electron chi connectivity index (χ3n) is 2.83. The van der Waals surface area contributed by atoms with E-state index in [1.54, 1.807) is 6.08 Å². The first kappa shape index (κ1) is 18.7. The smallest absolute Gasteiger partial charge is 0.341 e. The van der Waals surface area contributed by atoms with Gasteiger partial charge in [0, 0.05) is 7.11 Å². The Morgan fingerprint density at radius 1 is 1.13 bits per heavy atom. The molecule has 0 N–H and O–H groups in total. The first-order valence-corrected chi connectivity index (χ1v) is 7.03. The first-order chi connectivity index (χ1) is 11.2. The van der Waals surface area contributed by atoms with Crippen molar-refractivity contribution in [2.24, 2.45) is 0 Å². The predicted octanol–water partition coefficient (Wildman–Crippen LogP) is 2.95. The summed E-state index contributed by atoms with van der Waals surface area (Å²) in [6.07, 6.45) is 6.89. The zero-order valence-corrected chi connectivity index (χ0v) is 13.7. The fourth-order valence-electron chi connectivity index (χ4n) is 1.77. The second-order valence-electron chi connectivity index (χ2n) is 4.48. The molecule has 0 amide bonds. The van der Waals surface area contributed by atoms with Gasteiger partial charge in [-0.1, -0.05) is 48.6 Å². The van der Waals surface area contributed by atoms with Crippen LogP contribution >= 0.6 is 0 Å². The van der Waals surface area contributed by atoms with Crippen molar-refractivity contribution in [1.29, 1.82) is 0 Å². The number of benzene rings is 1. The van der Waals surface area contributed by atoms with Gasteiger partial charge in [-0.2, -0.15) is 0 Å². The third-order valence-corrected chi connectivity index (χ3v) is 2.83. The molecule has 0 radical (unpaired) electrons. The van der Waals surface area contributed by atoms with Gasteiger partial charge >= 0.3 is 5.97 Å². The summed E-state index contributed by atoms with van der Waals surface area (Å²) in [6.45, 7) is 0.318. The number of ether oxygens (including phenoxy) is 4. The summed E-state index contributed by atoms with van der Waals surface area (Å²) >= 11 is 0. The third kappa shape index (κ3) is 6.95. The van der Waals surface area contributed by atoms with Crippen LogP contribution in [-0.2, 0) is 23.7 Å². The molecule has 23 heavy (non-hydrogen) atoms. The largest absolute Gasteiger partial charge is 0.503 e. The standard InChI is InChI=1S/C18H22O5/c1-20-13-17(18(19)22-3)16(12-23-14-21-2)11-7-10-15-8-5-4-6-9-15/h4-11,13H,12,14H2,1-3H3/b10-7+,16-11-,17-13+. The molecule has 0 aromatic heterocycles. The Hall–Kier alpha value is -2.37. The molecular weight excluding hydrogens is 296 g/mol. The summed E-state index contributed by atoms with van der Waals surface area (Å²) in [5.74, 6) is -0.493. The summed E-state index contributed by atoms with van der Waals surface area (Å²) in [5, 5.41) is 0. The zero-order valence-electron chi connectivity index (χ0n) is 13.7. The summed E-state index contributed by atoms with van der Waals surface area (Å²) in [5.41, 5.74) is 1.97.